The van der Waals surface area contributed by atoms with Crippen molar-refractivity contribution in [3.05, 3.63) is 63.9 Å². The summed E-state index contributed by atoms with van der Waals surface area (Å²) < 4.78 is 10.8. The van der Waals surface area contributed by atoms with Crippen molar-refractivity contribution in [1.29, 1.82) is 0 Å². The lowest BCUT2D eigenvalue weighted by molar-refractivity contribution is -0.147. The van der Waals surface area contributed by atoms with E-state index in [0.717, 1.165) is 12.8 Å². The molecule has 0 radical (unpaired) electrons. The highest BCUT2D eigenvalue weighted by atomic mass is 35.5. The van der Waals surface area contributed by atoms with Gasteiger partial charge in [-0.15, -0.1) is 0 Å². The zero-order valence-electron chi connectivity index (χ0n) is 21.1. The lowest BCUT2D eigenvalue weighted by Gasteiger charge is -2.27. The number of amides is 2. The molecule has 0 unspecified atom stereocenters. The Morgan fingerprint density at radius 1 is 1.08 bits per heavy atom. The highest BCUT2D eigenvalue weighted by molar-refractivity contribution is 6.31. The number of alkyl carbamates (subject to hydrolysis) is 1. The summed E-state index contributed by atoms with van der Waals surface area (Å²) in [6.45, 7) is 3.62. The Bertz CT molecular complexity index is 1340. The summed E-state index contributed by atoms with van der Waals surface area (Å²) >= 11 is 6.10. The summed E-state index contributed by atoms with van der Waals surface area (Å²) in [6.07, 6.45) is 2.05. The molecule has 4 rings (SSSR count). The zero-order valence-corrected chi connectivity index (χ0v) is 21.9. The normalized spacial score (nSPS) is 17.0. The number of pyridine rings is 1. The molecule has 0 spiro atoms. The number of halogens is 1. The maximum atomic E-state index is 12.9. The van der Waals surface area contributed by atoms with Crippen molar-refractivity contribution >= 4 is 35.3 Å². The van der Waals surface area contributed by atoms with Crippen LogP contribution in [-0.2, 0) is 27.5 Å². The summed E-state index contributed by atoms with van der Waals surface area (Å²) in [5.41, 5.74) is 3.41. The van der Waals surface area contributed by atoms with Gasteiger partial charge < -0.3 is 25.0 Å². The third-order valence-electron chi connectivity index (χ3n) is 6.71. The molecule has 2 heterocycles. The molecule has 38 heavy (non-hydrogen) atoms. The van der Waals surface area contributed by atoms with Gasteiger partial charge in [-0.1, -0.05) is 47.8 Å². The van der Waals surface area contributed by atoms with E-state index in [1.54, 1.807) is 44.2 Å². The van der Waals surface area contributed by atoms with Gasteiger partial charge in [-0.2, -0.15) is 0 Å². The number of hydrogen-bond donors (Lipinski definition) is 3. The molecule has 10 nitrogen and oxygen atoms in total. The van der Waals surface area contributed by atoms with Crippen LogP contribution in [0.1, 0.15) is 48.2 Å². The first-order chi connectivity index (χ1) is 18.2. The van der Waals surface area contributed by atoms with E-state index in [2.05, 4.69) is 20.8 Å². The lowest BCUT2D eigenvalue weighted by atomic mass is 9.78. The molecule has 1 aliphatic rings. The summed E-state index contributed by atoms with van der Waals surface area (Å²) in [5.74, 6) is -2.13. The highest BCUT2D eigenvalue weighted by Crippen LogP contribution is 2.32. The van der Waals surface area contributed by atoms with Crippen molar-refractivity contribution in [2.24, 2.45) is 11.8 Å². The molecule has 1 saturated carbocycles. The van der Waals surface area contributed by atoms with Crippen LogP contribution < -0.4 is 10.6 Å². The largest absolute Gasteiger partial charge is 0.481 e. The zero-order chi connectivity index (χ0) is 27.2. The molecular formula is C27H29ClN4O6. The van der Waals surface area contributed by atoms with Crippen molar-refractivity contribution in [3.8, 4) is 11.5 Å². The molecule has 2 amide bonds. The number of carbonyl (C=O) groups is 3. The summed E-state index contributed by atoms with van der Waals surface area (Å²) in [4.78, 5) is 41.3. The van der Waals surface area contributed by atoms with Crippen molar-refractivity contribution in [1.82, 2.24) is 15.5 Å². The Labute approximate surface area is 224 Å². The van der Waals surface area contributed by atoms with Gasteiger partial charge in [0, 0.05) is 16.1 Å². The van der Waals surface area contributed by atoms with E-state index in [9.17, 15) is 19.5 Å². The molecule has 2 aromatic heterocycles. The number of carboxylic acids is 1. The Balaban J connectivity index is 1.41. The minimum Gasteiger partial charge on any atom is -0.481 e. The van der Waals surface area contributed by atoms with Crippen molar-refractivity contribution in [2.75, 3.05) is 5.32 Å². The smallest absolute Gasteiger partial charge is 0.407 e. The van der Waals surface area contributed by atoms with E-state index in [1.165, 1.54) is 0 Å². The van der Waals surface area contributed by atoms with Crippen LogP contribution in [0, 0.1) is 25.7 Å². The molecule has 11 heteroatoms. The molecular weight excluding hydrogens is 512 g/mol. The number of nitrogens with one attached hydrogen (secondary N) is 2. The first kappa shape index (κ1) is 27.1. The van der Waals surface area contributed by atoms with Gasteiger partial charge in [0.15, 0.2) is 5.76 Å². The van der Waals surface area contributed by atoms with Crippen LogP contribution in [0.5, 0.6) is 0 Å². The standard InChI is InChI=1S/C27H29ClN4O6/c1-15-20(13-29-27(36)37-14-17-7-3-6-10-21(17)28)24(38-32-15)23-12-11-22(16(2)30-23)31-25(33)18-8-4-5-9-19(18)26(34)35/h3,6-7,10-12,18-19H,4-5,8-9,13-14H2,1-2H3,(H,29,36)(H,31,33)(H,34,35)/t18-,19-/m0/s1. The molecule has 3 N–H and O–H groups in total. The maximum absolute atomic E-state index is 12.9. The van der Waals surface area contributed by atoms with E-state index in [-0.39, 0.29) is 19.1 Å². The summed E-state index contributed by atoms with van der Waals surface area (Å²) in [7, 11) is 0. The number of hydrogen-bond acceptors (Lipinski definition) is 7. The number of ether oxygens (including phenoxy) is 1. The third-order valence-corrected chi connectivity index (χ3v) is 7.08. The fourth-order valence-electron chi connectivity index (χ4n) is 4.55. The van der Waals surface area contributed by atoms with E-state index < -0.39 is 23.9 Å². The van der Waals surface area contributed by atoms with E-state index in [1.807, 2.05) is 6.07 Å². The van der Waals surface area contributed by atoms with Crippen LogP contribution in [0.4, 0.5) is 10.5 Å². The number of benzene rings is 1. The maximum Gasteiger partial charge on any atom is 0.407 e. The number of carboxylic acid groups (broad SMARTS) is 1. The Kier molecular flexibility index (Phi) is 8.62. The summed E-state index contributed by atoms with van der Waals surface area (Å²) in [5, 5.41) is 19.5. The first-order valence-electron chi connectivity index (χ1n) is 12.4. The van der Waals surface area contributed by atoms with Crippen LogP contribution in [0.2, 0.25) is 5.02 Å². The number of aliphatic carboxylic acids is 1. The minimum absolute atomic E-state index is 0.0307. The van der Waals surface area contributed by atoms with Crippen LogP contribution in [0.25, 0.3) is 11.5 Å². The topological polar surface area (TPSA) is 144 Å². The molecule has 2 atom stereocenters. The molecule has 1 fully saturated rings. The van der Waals surface area contributed by atoms with Gasteiger partial charge in [-0.3, -0.25) is 9.59 Å². The fraction of sp³-hybridized carbons (Fsp3) is 0.370. The van der Waals surface area contributed by atoms with Crippen LogP contribution in [0.3, 0.4) is 0 Å². The molecule has 1 aliphatic carbocycles. The van der Waals surface area contributed by atoms with E-state index in [0.29, 0.717) is 57.5 Å². The number of anilines is 1. The van der Waals surface area contributed by atoms with Gasteiger partial charge in [0.25, 0.3) is 0 Å². The second-order valence-electron chi connectivity index (χ2n) is 9.25. The van der Waals surface area contributed by atoms with Gasteiger partial charge in [0.05, 0.1) is 35.5 Å². The Hall–Kier alpha value is -3.92. The number of aryl methyl sites for hydroxylation is 2. The molecule has 0 bridgehead atoms. The van der Waals surface area contributed by atoms with Crippen molar-refractivity contribution in [2.45, 2.75) is 52.7 Å². The van der Waals surface area contributed by atoms with Crippen molar-refractivity contribution < 1.29 is 28.8 Å². The molecule has 0 aliphatic heterocycles. The van der Waals surface area contributed by atoms with Gasteiger partial charge in [-0.25, -0.2) is 9.78 Å². The van der Waals surface area contributed by atoms with Crippen LogP contribution in [-0.4, -0.2) is 33.2 Å². The first-order valence-corrected chi connectivity index (χ1v) is 12.7. The number of carbonyl (C=O) groups excluding carboxylic acids is 2. The van der Waals surface area contributed by atoms with Crippen molar-refractivity contribution in [3.63, 3.8) is 0 Å². The predicted molar refractivity (Wildman–Crippen MR) is 139 cm³/mol. The molecule has 0 saturated heterocycles. The average molecular weight is 541 g/mol. The fourth-order valence-corrected chi connectivity index (χ4v) is 4.74. The molecule has 1 aromatic carbocycles. The summed E-state index contributed by atoms with van der Waals surface area (Å²) in [6, 6.07) is 10.5. The number of nitrogens with zero attached hydrogens (tertiary/aromatic N) is 2. The monoisotopic (exact) mass is 540 g/mol. The minimum atomic E-state index is -0.940. The third kappa shape index (κ3) is 6.31. The Morgan fingerprint density at radius 2 is 1.82 bits per heavy atom. The van der Waals surface area contributed by atoms with Gasteiger partial charge in [-0.05, 0) is 44.9 Å². The Morgan fingerprint density at radius 3 is 2.53 bits per heavy atom. The van der Waals surface area contributed by atoms with E-state index in [4.69, 9.17) is 20.9 Å². The molecule has 3 aromatic rings. The highest BCUT2D eigenvalue weighted by Gasteiger charge is 2.36. The number of aromatic nitrogens is 2. The second-order valence-corrected chi connectivity index (χ2v) is 9.66. The van der Waals surface area contributed by atoms with Gasteiger partial charge in [0.1, 0.15) is 12.3 Å². The quantitative estimate of drug-likeness (QED) is 0.351. The van der Waals surface area contributed by atoms with Gasteiger partial charge >= 0.3 is 12.1 Å². The van der Waals surface area contributed by atoms with Crippen LogP contribution >= 0.6 is 11.6 Å². The molecule has 200 valence electrons. The SMILES string of the molecule is Cc1nc(-c2onc(C)c2CNC(=O)OCc2ccccc2Cl)ccc1NC(=O)[C@H]1CCCC[C@@H]1C(=O)O. The lowest BCUT2D eigenvalue weighted by Crippen LogP contribution is -2.36. The average Bonchev–Trinajstić information content (AvgIpc) is 3.28. The predicted octanol–water partition coefficient (Wildman–Crippen LogP) is 5.26. The van der Waals surface area contributed by atoms with E-state index >= 15 is 0 Å². The van der Waals surface area contributed by atoms with Crippen LogP contribution in [0.15, 0.2) is 40.9 Å². The second kappa shape index (κ2) is 12.1. The number of rotatable bonds is 8. The van der Waals surface area contributed by atoms with Gasteiger partial charge in [0.2, 0.25) is 5.91 Å².